The quantitative estimate of drug-likeness (QED) is 0.0511. The summed E-state index contributed by atoms with van der Waals surface area (Å²) in [5.74, 6) is -5.50. The molecule has 0 aliphatic heterocycles. The van der Waals surface area contributed by atoms with E-state index >= 15 is 0 Å². The van der Waals surface area contributed by atoms with Crippen LogP contribution in [0, 0.1) is 0 Å². The molecule has 0 bridgehead atoms. The van der Waals surface area contributed by atoms with Gasteiger partial charge in [0.2, 0.25) is 5.91 Å². The van der Waals surface area contributed by atoms with Crippen molar-refractivity contribution in [3.8, 4) is 0 Å². The first-order valence-electron chi connectivity index (χ1n) is 14.9. The van der Waals surface area contributed by atoms with Crippen molar-refractivity contribution in [3.63, 3.8) is 0 Å². The molecule has 14 nitrogen and oxygen atoms in total. The average Bonchev–Trinajstić information content (AvgIpc) is 3.02. The maximum absolute atomic E-state index is 14.3. The molecule has 1 unspecified atom stereocenters. The van der Waals surface area contributed by atoms with E-state index in [-0.39, 0.29) is 56.6 Å². The van der Waals surface area contributed by atoms with Crippen LogP contribution in [0.3, 0.4) is 0 Å². The van der Waals surface area contributed by atoms with E-state index in [9.17, 15) is 37.3 Å². The summed E-state index contributed by atoms with van der Waals surface area (Å²) >= 11 is 17.9. The second kappa shape index (κ2) is 22.8. The van der Waals surface area contributed by atoms with E-state index in [1.807, 2.05) is 6.92 Å². The van der Waals surface area contributed by atoms with Gasteiger partial charge in [-0.1, -0.05) is 37.3 Å². The Balaban J connectivity index is 3.25. The highest BCUT2D eigenvalue weighted by molar-refractivity contribution is 7.91. The number of nitrogens with zero attached hydrogens (tertiary/aromatic N) is 2. The lowest BCUT2D eigenvalue weighted by atomic mass is 9.92. The number of amides is 1. The van der Waals surface area contributed by atoms with Crippen LogP contribution in [0.1, 0.15) is 44.1 Å². The van der Waals surface area contributed by atoms with E-state index in [1.54, 1.807) is 18.2 Å². The van der Waals surface area contributed by atoms with Crippen molar-refractivity contribution in [2.75, 3.05) is 61.9 Å². The molecular formula is C28H44Cl3N4O10PS. The zero-order chi connectivity index (χ0) is 35.5. The summed E-state index contributed by atoms with van der Waals surface area (Å²) < 4.78 is 54.3. The fourth-order valence-corrected chi connectivity index (χ4v) is 9.41. The van der Waals surface area contributed by atoms with E-state index in [2.05, 4.69) is 10.1 Å². The van der Waals surface area contributed by atoms with Gasteiger partial charge in [0.1, 0.15) is 6.04 Å². The molecule has 4 N–H and O–H groups in total. The lowest BCUT2D eigenvalue weighted by molar-refractivity contribution is -0.141. The molecule has 0 aliphatic carbocycles. The van der Waals surface area contributed by atoms with Gasteiger partial charge in [-0.05, 0) is 12.0 Å². The number of rotatable bonds is 27. The molecule has 0 aliphatic rings. The monoisotopic (exact) mass is 764 g/mol. The standard InChI is InChI=1S/C28H44Cl3N4O10PS/c1-2-13-34(14-10-29)46(41,35(15-11-30)16-12-31)45-17-18-47(42,43)20-24(33-27(38)9-8-26(32)44-21-36)25(37)19-23(28(39)40)22-6-4-3-5-7-22/h3-7,21,23-24,26H,2,8-20,32H2,1H3,(H,33,38)(H,39,40)/t23-,24+,26-,46?/m1/s1. The number of Topliss-reactive ketones (excluding diaryl/α,β-unsaturated/α-hetero) is 1. The normalized spacial score (nSPS) is 15.0. The molecular weight excluding hydrogens is 722 g/mol. The summed E-state index contributed by atoms with van der Waals surface area (Å²) in [6, 6.07) is 6.26. The lowest BCUT2D eigenvalue weighted by Gasteiger charge is -2.37. The van der Waals surface area contributed by atoms with E-state index in [1.165, 1.54) is 21.5 Å². The highest BCUT2D eigenvalue weighted by Crippen LogP contribution is 2.54. The number of carboxylic acid groups (broad SMARTS) is 1. The maximum Gasteiger partial charge on any atom is 0.346 e. The van der Waals surface area contributed by atoms with Gasteiger partial charge in [-0.15, -0.1) is 34.8 Å². The van der Waals surface area contributed by atoms with Crippen molar-refractivity contribution in [3.05, 3.63) is 35.9 Å². The molecule has 0 heterocycles. The summed E-state index contributed by atoms with van der Waals surface area (Å²) in [5, 5.41) is 12.2. The highest BCUT2D eigenvalue weighted by Gasteiger charge is 2.39. The van der Waals surface area contributed by atoms with Gasteiger partial charge in [-0.25, -0.2) is 17.8 Å². The van der Waals surface area contributed by atoms with Crippen LogP contribution in [0.4, 0.5) is 0 Å². The number of halogens is 3. The van der Waals surface area contributed by atoms with Gasteiger partial charge in [0.15, 0.2) is 21.8 Å². The molecule has 47 heavy (non-hydrogen) atoms. The Bertz CT molecular complexity index is 1250. The molecule has 0 fully saturated rings. The molecule has 4 atom stereocenters. The van der Waals surface area contributed by atoms with Crippen LogP contribution in [-0.2, 0) is 42.8 Å². The van der Waals surface area contributed by atoms with Gasteiger partial charge >= 0.3 is 13.6 Å². The Hall–Kier alpha value is -1.81. The Morgan fingerprint density at radius 2 is 1.62 bits per heavy atom. The van der Waals surface area contributed by atoms with E-state index in [0.29, 0.717) is 18.5 Å². The second-order valence-electron chi connectivity index (χ2n) is 10.3. The van der Waals surface area contributed by atoms with Gasteiger partial charge in [-0.2, -0.15) is 0 Å². The third kappa shape index (κ3) is 15.5. The molecule has 19 heteroatoms. The number of ketones is 1. The molecule has 1 amide bonds. The Morgan fingerprint density at radius 1 is 1.04 bits per heavy atom. The van der Waals surface area contributed by atoms with Crippen LogP contribution in [0.2, 0.25) is 0 Å². The predicted octanol–water partition coefficient (Wildman–Crippen LogP) is 2.81. The number of alkyl halides is 3. The Morgan fingerprint density at radius 3 is 2.13 bits per heavy atom. The van der Waals surface area contributed by atoms with Crippen LogP contribution in [0.25, 0.3) is 0 Å². The second-order valence-corrected chi connectivity index (χ2v) is 16.0. The number of sulfone groups is 1. The molecule has 0 spiro atoms. The van der Waals surface area contributed by atoms with Crippen molar-refractivity contribution in [1.82, 2.24) is 14.7 Å². The van der Waals surface area contributed by atoms with Crippen LogP contribution in [0.15, 0.2) is 30.3 Å². The highest BCUT2D eigenvalue weighted by atomic mass is 35.5. The number of hydrogen-bond donors (Lipinski definition) is 3. The molecule has 0 saturated carbocycles. The molecule has 1 aromatic carbocycles. The first kappa shape index (κ1) is 43.2. The smallest absolute Gasteiger partial charge is 0.346 e. The van der Waals surface area contributed by atoms with Gasteiger partial charge in [0.05, 0.1) is 24.0 Å². The number of nitrogens with two attached hydrogens (primary N) is 1. The van der Waals surface area contributed by atoms with Crippen LogP contribution in [0.5, 0.6) is 0 Å². The number of nitrogens with one attached hydrogen (secondary N) is 1. The van der Waals surface area contributed by atoms with Crippen LogP contribution < -0.4 is 11.1 Å². The summed E-state index contributed by atoms with van der Waals surface area (Å²) in [5.41, 5.74) is 5.88. The third-order valence-corrected chi connectivity index (χ3v) is 11.7. The first-order chi connectivity index (χ1) is 22.3. The average molecular weight is 766 g/mol. The molecule has 0 aromatic heterocycles. The number of ether oxygens (including phenoxy) is 1. The number of aliphatic carboxylic acids is 1. The number of carboxylic acids is 1. The minimum Gasteiger partial charge on any atom is -0.481 e. The largest absolute Gasteiger partial charge is 0.481 e. The minimum absolute atomic E-state index is 0.0966. The molecule has 1 rings (SSSR count). The van der Waals surface area contributed by atoms with Gasteiger partial charge in [0, 0.05) is 63.1 Å². The topological polar surface area (TPSA) is 203 Å². The maximum atomic E-state index is 14.3. The van der Waals surface area contributed by atoms with Crippen molar-refractivity contribution in [1.29, 1.82) is 0 Å². The van der Waals surface area contributed by atoms with E-state index in [4.69, 9.17) is 45.1 Å². The van der Waals surface area contributed by atoms with Crippen LogP contribution >= 0.6 is 42.5 Å². The van der Waals surface area contributed by atoms with Gasteiger partial charge in [0.25, 0.3) is 6.47 Å². The van der Waals surface area contributed by atoms with Crippen molar-refractivity contribution < 1.29 is 46.5 Å². The fourth-order valence-electron chi connectivity index (χ4n) is 4.51. The van der Waals surface area contributed by atoms with Gasteiger partial charge in [-0.3, -0.25) is 29.5 Å². The third-order valence-electron chi connectivity index (χ3n) is 6.81. The zero-order valence-electron chi connectivity index (χ0n) is 26.2. The van der Waals surface area contributed by atoms with Crippen molar-refractivity contribution in [2.24, 2.45) is 5.73 Å². The Labute approximate surface area is 291 Å². The first-order valence-corrected chi connectivity index (χ1v) is 19.8. The van der Waals surface area contributed by atoms with Gasteiger partial charge < -0.3 is 19.7 Å². The summed E-state index contributed by atoms with van der Waals surface area (Å²) in [6.07, 6.45) is -1.58. The predicted molar refractivity (Wildman–Crippen MR) is 181 cm³/mol. The molecule has 268 valence electrons. The minimum atomic E-state index is -4.19. The number of hydrogen-bond acceptors (Lipinski definition) is 10. The van der Waals surface area contributed by atoms with Crippen molar-refractivity contribution >= 4 is 76.4 Å². The zero-order valence-corrected chi connectivity index (χ0v) is 30.2. The molecule has 0 saturated heterocycles. The summed E-state index contributed by atoms with van der Waals surface area (Å²) in [6.45, 7) is 2.21. The SMILES string of the molecule is CCCN(CCCl)P(=O)(OCCS(=O)(=O)C[C@H](NC(=O)CC[C@H](N)OC=O)C(=O)C[C@@H](C(=O)O)c1ccccc1)N(CCCl)CCCl. The number of carbonyl (C=O) groups excluding carboxylic acids is 3. The summed E-state index contributed by atoms with van der Waals surface area (Å²) in [4.78, 5) is 48.7. The number of carbonyl (C=O) groups is 4. The molecule has 0 radical (unpaired) electrons. The fraction of sp³-hybridized carbons (Fsp3) is 0.643. The Kier molecular flexibility index (Phi) is 20.9. The molecule has 1 aromatic rings. The van der Waals surface area contributed by atoms with E-state index in [0.717, 1.165) is 0 Å². The number of benzene rings is 1. The van der Waals surface area contributed by atoms with E-state index < -0.39 is 77.9 Å². The van der Waals surface area contributed by atoms with Crippen LogP contribution in [-0.4, -0.2) is 121 Å². The lowest BCUT2D eigenvalue weighted by Crippen LogP contribution is -2.47. The summed E-state index contributed by atoms with van der Waals surface area (Å²) in [7, 11) is -8.05. The van der Waals surface area contributed by atoms with Crippen molar-refractivity contribution in [2.45, 2.75) is 50.8 Å².